The molecular formula is C20H15N3O3S2. The number of aryl methyl sites for hydroxylation is 1. The van der Waals surface area contributed by atoms with Crippen molar-refractivity contribution < 1.29 is 14.3 Å². The van der Waals surface area contributed by atoms with Gasteiger partial charge >= 0.3 is 0 Å². The summed E-state index contributed by atoms with van der Waals surface area (Å²) in [6, 6.07) is 14.1. The fourth-order valence-corrected chi connectivity index (χ4v) is 3.50. The van der Waals surface area contributed by atoms with Crippen LogP contribution in [-0.2, 0) is 0 Å². The Morgan fingerprint density at radius 3 is 2.82 bits per heavy atom. The molecule has 0 fully saturated rings. The molecule has 0 aliphatic heterocycles. The van der Waals surface area contributed by atoms with Gasteiger partial charge in [0, 0.05) is 11.8 Å². The summed E-state index contributed by atoms with van der Waals surface area (Å²) in [5.41, 5.74) is 3.45. The van der Waals surface area contributed by atoms with E-state index in [0.717, 1.165) is 11.1 Å². The number of thiophene rings is 1. The second-order valence-electron chi connectivity index (χ2n) is 6.11. The van der Waals surface area contributed by atoms with E-state index in [2.05, 4.69) is 15.6 Å². The highest BCUT2D eigenvalue weighted by atomic mass is 32.1. The molecule has 2 aromatic carbocycles. The van der Waals surface area contributed by atoms with Crippen LogP contribution in [0.3, 0.4) is 0 Å². The fourth-order valence-electron chi connectivity index (χ4n) is 2.67. The van der Waals surface area contributed by atoms with Crippen LogP contribution in [0.15, 0.2) is 58.3 Å². The third-order valence-corrected chi connectivity index (χ3v) is 5.07. The van der Waals surface area contributed by atoms with E-state index < -0.39 is 0 Å². The van der Waals surface area contributed by atoms with Gasteiger partial charge in [-0.05, 0) is 60.4 Å². The first-order chi connectivity index (χ1) is 13.5. The Hall–Kier alpha value is -3.23. The number of aromatic nitrogens is 1. The van der Waals surface area contributed by atoms with Crippen LogP contribution < -0.4 is 10.6 Å². The minimum atomic E-state index is -0.282. The topological polar surface area (TPSA) is 87.4 Å². The molecule has 2 heterocycles. The Morgan fingerprint density at radius 1 is 1.21 bits per heavy atom. The Labute approximate surface area is 169 Å². The number of fused-ring (bicyclic) bond motifs is 1. The molecule has 1 amide bonds. The number of amides is 1. The van der Waals surface area contributed by atoms with Gasteiger partial charge in [-0.1, -0.05) is 12.1 Å². The van der Waals surface area contributed by atoms with E-state index in [4.69, 9.17) is 16.6 Å². The molecule has 4 aromatic rings. The van der Waals surface area contributed by atoms with E-state index in [0.29, 0.717) is 27.6 Å². The SMILES string of the molecule is Cc1ccc2nc(-c3ccc(NC(=S)NC(=O)c4cccs4)cc3O)oc2c1. The average molecular weight is 409 g/mol. The minimum Gasteiger partial charge on any atom is -0.507 e. The molecule has 0 bridgehead atoms. The van der Waals surface area contributed by atoms with E-state index >= 15 is 0 Å². The lowest BCUT2D eigenvalue weighted by molar-refractivity contribution is 0.0981. The van der Waals surface area contributed by atoms with Crippen LogP contribution in [0.25, 0.3) is 22.6 Å². The molecule has 0 spiro atoms. The second-order valence-corrected chi connectivity index (χ2v) is 7.46. The zero-order valence-corrected chi connectivity index (χ0v) is 16.4. The lowest BCUT2D eigenvalue weighted by Crippen LogP contribution is -2.33. The third-order valence-electron chi connectivity index (χ3n) is 4.00. The Balaban J connectivity index is 1.50. The molecule has 4 rings (SSSR count). The first-order valence-electron chi connectivity index (χ1n) is 8.36. The largest absolute Gasteiger partial charge is 0.507 e. The lowest BCUT2D eigenvalue weighted by atomic mass is 10.2. The van der Waals surface area contributed by atoms with Crippen molar-refractivity contribution in [3.63, 3.8) is 0 Å². The molecule has 3 N–H and O–H groups in total. The maximum Gasteiger partial charge on any atom is 0.267 e. The normalized spacial score (nSPS) is 10.8. The summed E-state index contributed by atoms with van der Waals surface area (Å²) in [4.78, 5) is 17.0. The number of nitrogens with zero attached hydrogens (tertiary/aromatic N) is 1. The number of rotatable bonds is 3. The lowest BCUT2D eigenvalue weighted by Gasteiger charge is -2.10. The third kappa shape index (κ3) is 3.73. The van der Waals surface area contributed by atoms with Gasteiger partial charge < -0.3 is 14.8 Å². The molecule has 0 aliphatic carbocycles. The van der Waals surface area contributed by atoms with Gasteiger partial charge in [0.25, 0.3) is 5.91 Å². The summed E-state index contributed by atoms with van der Waals surface area (Å²) >= 11 is 6.49. The van der Waals surface area contributed by atoms with Gasteiger partial charge in [0.05, 0.1) is 10.4 Å². The van der Waals surface area contributed by atoms with Crippen LogP contribution in [0.4, 0.5) is 5.69 Å². The van der Waals surface area contributed by atoms with Gasteiger partial charge in [0.15, 0.2) is 10.7 Å². The summed E-state index contributed by atoms with van der Waals surface area (Å²) in [7, 11) is 0. The fraction of sp³-hybridized carbons (Fsp3) is 0.0500. The Kier molecular flexibility index (Phi) is 4.81. The maximum absolute atomic E-state index is 12.0. The van der Waals surface area contributed by atoms with Crippen LogP contribution >= 0.6 is 23.6 Å². The molecule has 0 unspecified atom stereocenters. The summed E-state index contributed by atoms with van der Waals surface area (Å²) in [5.74, 6) is 0.0361. The number of phenolic OH excluding ortho intramolecular Hbond substituents is 1. The average Bonchev–Trinajstić information content (AvgIpc) is 3.31. The highest BCUT2D eigenvalue weighted by Crippen LogP contribution is 2.33. The van der Waals surface area contributed by atoms with Crippen LogP contribution in [0.1, 0.15) is 15.2 Å². The number of anilines is 1. The van der Waals surface area contributed by atoms with Crippen molar-refractivity contribution >= 4 is 51.4 Å². The van der Waals surface area contributed by atoms with Crippen molar-refractivity contribution in [3.05, 3.63) is 64.4 Å². The number of hydrogen-bond donors (Lipinski definition) is 3. The number of thiocarbonyl (C=S) groups is 1. The van der Waals surface area contributed by atoms with E-state index in [9.17, 15) is 9.90 Å². The number of benzene rings is 2. The number of carbonyl (C=O) groups is 1. The monoisotopic (exact) mass is 409 g/mol. The number of carbonyl (C=O) groups excluding carboxylic acids is 1. The van der Waals surface area contributed by atoms with Crippen LogP contribution in [0.2, 0.25) is 0 Å². The number of hydrogen-bond acceptors (Lipinski definition) is 6. The molecule has 0 atom stereocenters. The predicted octanol–water partition coefficient (Wildman–Crippen LogP) is 4.70. The van der Waals surface area contributed by atoms with Crippen molar-refractivity contribution in [2.75, 3.05) is 5.32 Å². The number of nitrogens with one attached hydrogen (secondary N) is 2. The van der Waals surface area contributed by atoms with E-state index in [1.165, 1.54) is 17.4 Å². The summed E-state index contributed by atoms with van der Waals surface area (Å²) in [6.07, 6.45) is 0. The predicted molar refractivity (Wildman–Crippen MR) is 114 cm³/mol. The van der Waals surface area contributed by atoms with E-state index in [1.54, 1.807) is 24.3 Å². The second kappa shape index (κ2) is 7.41. The summed E-state index contributed by atoms with van der Waals surface area (Å²) in [6.45, 7) is 1.97. The molecule has 0 saturated heterocycles. The highest BCUT2D eigenvalue weighted by Gasteiger charge is 2.14. The first-order valence-corrected chi connectivity index (χ1v) is 9.65. The Morgan fingerprint density at radius 2 is 2.07 bits per heavy atom. The van der Waals surface area contributed by atoms with Crippen LogP contribution in [0.5, 0.6) is 5.75 Å². The van der Waals surface area contributed by atoms with Crippen molar-refractivity contribution in [2.45, 2.75) is 6.92 Å². The number of oxazole rings is 1. The van der Waals surface area contributed by atoms with Gasteiger partial charge in [-0.2, -0.15) is 0 Å². The van der Waals surface area contributed by atoms with Gasteiger partial charge in [-0.15, -0.1) is 11.3 Å². The number of aromatic hydroxyl groups is 1. The first kappa shape index (κ1) is 18.1. The maximum atomic E-state index is 12.0. The standard InChI is InChI=1S/C20H15N3O3S2/c1-11-4-7-14-16(9-11)26-19(22-14)13-6-5-12(10-15(13)24)21-20(27)23-18(25)17-3-2-8-28-17/h2-10,24H,1H3,(H2,21,23,25,27). The van der Waals surface area contributed by atoms with Gasteiger partial charge in [-0.3, -0.25) is 10.1 Å². The van der Waals surface area contributed by atoms with Crippen molar-refractivity contribution in [1.82, 2.24) is 10.3 Å². The summed E-state index contributed by atoms with van der Waals surface area (Å²) in [5, 5.41) is 17.8. The highest BCUT2D eigenvalue weighted by molar-refractivity contribution is 7.80. The molecule has 0 aliphatic rings. The van der Waals surface area contributed by atoms with Gasteiger partial charge in [0.1, 0.15) is 11.3 Å². The van der Waals surface area contributed by atoms with Crippen molar-refractivity contribution in [2.24, 2.45) is 0 Å². The van der Waals surface area contributed by atoms with Crippen LogP contribution in [0, 0.1) is 6.92 Å². The van der Waals surface area contributed by atoms with E-state index in [1.807, 2.05) is 30.5 Å². The molecule has 6 nitrogen and oxygen atoms in total. The smallest absolute Gasteiger partial charge is 0.267 e. The molecule has 8 heteroatoms. The van der Waals surface area contributed by atoms with Gasteiger partial charge in [-0.25, -0.2) is 4.98 Å². The minimum absolute atomic E-state index is 0.0133. The molecule has 140 valence electrons. The molecular weight excluding hydrogens is 394 g/mol. The molecule has 0 saturated carbocycles. The van der Waals surface area contributed by atoms with Crippen LogP contribution in [-0.4, -0.2) is 21.1 Å². The zero-order chi connectivity index (χ0) is 19.7. The van der Waals surface area contributed by atoms with E-state index in [-0.39, 0.29) is 16.8 Å². The molecule has 28 heavy (non-hydrogen) atoms. The van der Waals surface area contributed by atoms with Crippen molar-refractivity contribution in [3.8, 4) is 17.2 Å². The quantitative estimate of drug-likeness (QED) is 0.425. The van der Waals surface area contributed by atoms with Gasteiger partial charge in [0.2, 0.25) is 5.89 Å². The molecule has 0 radical (unpaired) electrons. The number of phenols is 1. The summed E-state index contributed by atoms with van der Waals surface area (Å²) < 4.78 is 5.76. The van der Waals surface area contributed by atoms with Crippen molar-refractivity contribution in [1.29, 1.82) is 0 Å². The zero-order valence-electron chi connectivity index (χ0n) is 14.7. The Bertz CT molecular complexity index is 1180. The molecule has 2 aromatic heterocycles.